The average Bonchev–Trinajstić information content (AvgIpc) is 3.21. The number of amides is 2. The first-order chi connectivity index (χ1) is 17.5. The van der Waals surface area contributed by atoms with Gasteiger partial charge < -0.3 is 9.47 Å². The first-order valence-corrected chi connectivity index (χ1v) is 13.2. The molecule has 0 aliphatic heterocycles. The Bertz CT molecular complexity index is 1140. The topological polar surface area (TPSA) is 103 Å². The molecular formula is C27H38Cl2N4O5. The second-order valence-electron chi connectivity index (χ2n) is 11.4. The summed E-state index contributed by atoms with van der Waals surface area (Å²) < 4.78 is 11.9. The predicted octanol–water partition coefficient (Wildman–Crippen LogP) is 6.09. The van der Waals surface area contributed by atoms with Crippen molar-refractivity contribution in [3.8, 4) is 0 Å². The summed E-state index contributed by atoms with van der Waals surface area (Å²) in [5, 5.41) is 3.16. The van der Waals surface area contributed by atoms with Gasteiger partial charge in [0.05, 0.1) is 21.8 Å². The van der Waals surface area contributed by atoms with Crippen molar-refractivity contribution < 1.29 is 23.9 Å². The van der Waals surface area contributed by atoms with E-state index in [4.69, 9.17) is 32.7 Å². The minimum Gasteiger partial charge on any atom is -0.444 e. The first-order valence-electron chi connectivity index (χ1n) is 12.4. The molecule has 1 aromatic heterocycles. The zero-order chi connectivity index (χ0) is 28.8. The number of imide groups is 1. The summed E-state index contributed by atoms with van der Waals surface area (Å²) in [5.41, 5.74) is -0.0265. The van der Waals surface area contributed by atoms with E-state index in [2.05, 4.69) is 10.3 Å². The van der Waals surface area contributed by atoms with Gasteiger partial charge in [0.1, 0.15) is 17.5 Å². The predicted molar refractivity (Wildman–Crippen MR) is 147 cm³/mol. The molecule has 38 heavy (non-hydrogen) atoms. The highest BCUT2D eigenvalue weighted by Crippen LogP contribution is 2.28. The summed E-state index contributed by atoms with van der Waals surface area (Å²) in [6.45, 7) is 15.0. The lowest BCUT2D eigenvalue weighted by Crippen LogP contribution is -2.52. The lowest BCUT2D eigenvalue weighted by atomic mass is 10.00. The van der Waals surface area contributed by atoms with Gasteiger partial charge in [0.2, 0.25) is 5.91 Å². The second-order valence-corrected chi connectivity index (χ2v) is 12.2. The second kappa shape index (κ2) is 13.0. The molecule has 1 N–H and O–H groups in total. The minimum absolute atomic E-state index is 0.172. The third-order valence-corrected chi connectivity index (χ3v) is 6.08. The van der Waals surface area contributed by atoms with E-state index in [1.54, 1.807) is 59.9 Å². The number of rotatable bonds is 8. The molecule has 0 unspecified atom stereocenters. The van der Waals surface area contributed by atoms with Crippen LogP contribution in [0.4, 0.5) is 9.59 Å². The van der Waals surface area contributed by atoms with E-state index in [9.17, 15) is 14.4 Å². The number of hydrogen-bond acceptors (Lipinski definition) is 7. The summed E-state index contributed by atoms with van der Waals surface area (Å²) in [6.07, 6.45) is 2.07. The molecule has 1 heterocycles. The van der Waals surface area contributed by atoms with Gasteiger partial charge in [-0.05, 0) is 59.1 Å². The van der Waals surface area contributed by atoms with E-state index >= 15 is 0 Å². The van der Waals surface area contributed by atoms with Crippen molar-refractivity contribution in [2.24, 2.45) is 5.92 Å². The number of nitrogens with one attached hydrogen (secondary N) is 1. The number of ether oxygens (including phenoxy) is 2. The molecule has 2 aromatic rings. The number of imidazole rings is 1. The van der Waals surface area contributed by atoms with E-state index in [0.29, 0.717) is 28.7 Å². The molecule has 2 rings (SSSR count). The minimum atomic E-state index is -0.815. The zero-order valence-corrected chi connectivity index (χ0v) is 24.8. The van der Waals surface area contributed by atoms with Gasteiger partial charge >= 0.3 is 12.2 Å². The fraction of sp³-hybridized carbons (Fsp3) is 0.556. The van der Waals surface area contributed by atoms with Crippen LogP contribution >= 0.6 is 23.2 Å². The number of aromatic nitrogens is 2. The maximum absolute atomic E-state index is 13.3. The van der Waals surface area contributed by atoms with Crippen LogP contribution in [0, 0.1) is 5.92 Å². The Hall–Kier alpha value is -2.62. The molecule has 9 nitrogen and oxygen atoms in total. The number of alkyl carbamates (subject to hydrolysis) is 1. The van der Waals surface area contributed by atoms with Gasteiger partial charge in [-0.15, -0.1) is 0 Å². The van der Waals surface area contributed by atoms with Crippen molar-refractivity contribution >= 4 is 41.3 Å². The van der Waals surface area contributed by atoms with Crippen LogP contribution in [-0.4, -0.2) is 56.3 Å². The van der Waals surface area contributed by atoms with Gasteiger partial charge in [0.25, 0.3) is 0 Å². The molecule has 0 bridgehead atoms. The van der Waals surface area contributed by atoms with Crippen molar-refractivity contribution in [3.05, 3.63) is 52.0 Å². The maximum Gasteiger partial charge on any atom is 0.419 e. The highest BCUT2D eigenvalue weighted by atomic mass is 35.5. The van der Waals surface area contributed by atoms with E-state index < -0.39 is 35.3 Å². The first kappa shape index (κ1) is 31.6. The summed E-state index contributed by atoms with van der Waals surface area (Å²) in [6, 6.07) is 4.61. The number of benzene rings is 1. The Labute approximate surface area is 234 Å². The molecule has 0 radical (unpaired) electrons. The van der Waals surface area contributed by atoms with E-state index in [1.807, 2.05) is 24.8 Å². The Morgan fingerprint density at radius 1 is 1.05 bits per heavy atom. The van der Waals surface area contributed by atoms with E-state index in [1.165, 1.54) is 10.9 Å². The van der Waals surface area contributed by atoms with Gasteiger partial charge in [-0.2, -0.15) is 0 Å². The molecule has 0 aliphatic carbocycles. The van der Waals surface area contributed by atoms with Crippen LogP contribution in [0.3, 0.4) is 0 Å². The molecule has 0 saturated carbocycles. The van der Waals surface area contributed by atoms with Crippen LogP contribution in [0.2, 0.25) is 10.0 Å². The van der Waals surface area contributed by atoms with Gasteiger partial charge in [-0.3, -0.25) is 15.0 Å². The van der Waals surface area contributed by atoms with Crippen LogP contribution < -0.4 is 5.32 Å². The summed E-state index contributed by atoms with van der Waals surface area (Å²) >= 11 is 12.7. The van der Waals surface area contributed by atoms with Gasteiger partial charge in [-0.25, -0.2) is 19.1 Å². The Morgan fingerprint density at radius 3 is 2.26 bits per heavy atom. The fourth-order valence-corrected chi connectivity index (χ4v) is 4.12. The summed E-state index contributed by atoms with van der Waals surface area (Å²) in [4.78, 5) is 44.3. The number of carbonyl (C=O) groups is 3. The standard InChI is InChI=1S/C27H38Cl2N4O5/c1-17(2)22(23(34)31-24(35)37-26(3,4)5)32(14-18-10-9-11-20(28)21(18)29)13-12-19-15-33(16-30-19)25(36)38-27(6,7)8/h9-11,15-17,22H,12-14H2,1-8H3,(H,31,34,35)/t22-/m0/s1. The number of halogens is 2. The molecule has 2 amide bonds. The third-order valence-electron chi connectivity index (χ3n) is 5.22. The normalized spacial score (nSPS) is 12.9. The Kier molecular flexibility index (Phi) is 10.8. The van der Waals surface area contributed by atoms with Crippen LogP contribution in [0.25, 0.3) is 0 Å². The van der Waals surface area contributed by atoms with Crippen molar-refractivity contribution in [3.63, 3.8) is 0 Å². The molecule has 0 saturated heterocycles. The van der Waals surface area contributed by atoms with Crippen LogP contribution in [0.1, 0.15) is 66.6 Å². The molecule has 0 fully saturated rings. The highest BCUT2D eigenvalue weighted by molar-refractivity contribution is 6.42. The Balaban J connectivity index is 2.29. The fourth-order valence-electron chi connectivity index (χ4n) is 3.74. The van der Waals surface area contributed by atoms with Crippen molar-refractivity contribution in [1.82, 2.24) is 19.8 Å². The smallest absolute Gasteiger partial charge is 0.419 e. The number of nitrogens with zero attached hydrogens (tertiary/aromatic N) is 3. The largest absolute Gasteiger partial charge is 0.444 e. The van der Waals surface area contributed by atoms with E-state index in [0.717, 1.165) is 5.56 Å². The SMILES string of the molecule is CC(C)[C@@H](C(=O)NC(=O)OC(C)(C)C)N(CCc1cn(C(=O)OC(C)(C)C)cn1)Cc1cccc(Cl)c1Cl. The maximum atomic E-state index is 13.3. The van der Waals surface area contributed by atoms with Crippen molar-refractivity contribution in [1.29, 1.82) is 0 Å². The van der Waals surface area contributed by atoms with Gasteiger partial charge in [0.15, 0.2) is 0 Å². The third kappa shape index (κ3) is 9.93. The van der Waals surface area contributed by atoms with Crippen LogP contribution in [-0.2, 0) is 27.2 Å². The molecule has 1 aromatic carbocycles. The molecular weight excluding hydrogens is 531 g/mol. The lowest BCUT2D eigenvalue weighted by Gasteiger charge is -2.33. The molecule has 210 valence electrons. The lowest BCUT2D eigenvalue weighted by molar-refractivity contribution is -0.128. The number of carbonyl (C=O) groups excluding carboxylic acids is 3. The Morgan fingerprint density at radius 2 is 1.68 bits per heavy atom. The van der Waals surface area contributed by atoms with Crippen LogP contribution in [0.5, 0.6) is 0 Å². The van der Waals surface area contributed by atoms with Crippen molar-refractivity contribution in [2.75, 3.05) is 6.54 Å². The number of hydrogen-bond donors (Lipinski definition) is 1. The molecule has 0 aliphatic rings. The summed E-state index contributed by atoms with van der Waals surface area (Å²) in [7, 11) is 0. The molecule has 1 atom stereocenters. The quantitative estimate of drug-likeness (QED) is 0.410. The van der Waals surface area contributed by atoms with Crippen LogP contribution in [0.15, 0.2) is 30.7 Å². The monoisotopic (exact) mass is 568 g/mol. The zero-order valence-electron chi connectivity index (χ0n) is 23.3. The van der Waals surface area contributed by atoms with Gasteiger partial charge in [-0.1, -0.05) is 49.2 Å². The van der Waals surface area contributed by atoms with E-state index in [-0.39, 0.29) is 12.5 Å². The van der Waals surface area contributed by atoms with Crippen molar-refractivity contribution in [2.45, 2.75) is 85.6 Å². The molecule has 0 spiro atoms. The highest BCUT2D eigenvalue weighted by Gasteiger charge is 2.32. The molecule has 11 heteroatoms. The summed E-state index contributed by atoms with van der Waals surface area (Å²) in [5.74, 6) is -0.665. The average molecular weight is 570 g/mol. The van der Waals surface area contributed by atoms with Gasteiger partial charge in [0, 0.05) is 25.7 Å².